The maximum absolute atomic E-state index is 10.4. The lowest BCUT2D eigenvalue weighted by Gasteiger charge is -1.83. The van der Waals surface area contributed by atoms with Crippen LogP contribution in [0.4, 0.5) is 0 Å². The summed E-state index contributed by atoms with van der Waals surface area (Å²) in [6.07, 6.45) is 1.32. The molecule has 1 rings (SSSR count). The van der Waals surface area contributed by atoms with Gasteiger partial charge in [-0.25, -0.2) is 0 Å². The molecule has 0 aromatic rings. The Balaban J connectivity index is 2.93. The fourth-order valence-corrected chi connectivity index (χ4v) is 0.514. The number of rotatable bonds is 1. The average Bonchev–Trinajstić information content (AvgIpc) is 2.10. The fourth-order valence-electron chi connectivity index (χ4n) is 0.514. The van der Waals surface area contributed by atoms with Gasteiger partial charge in [0.15, 0.2) is 6.29 Å². The van der Waals surface area contributed by atoms with Gasteiger partial charge in [-0.3, -0.25) is 19.7 Å². The minimum Gasteiger partial charge on any atom is -0.298 e. The maximum atomic E-state index is 10.4. The van der Waals surface area contributed by atoms with Crippen LogP contribution in [0.1, 0.15) is 0 Å². The third kappa shape index (κ3) is 0.861. The highest BCUT2D eigenvalue weighted by Crippen LogP contribution is 1.96. The van der Waals surface area contributed by atoms with Crippen LogP contribution in [0.2, 0.25) is 0 Å². The van der Waals surface area contributed by atoms with Crippen molar-refractivity contribution in [3.63, 3.8) is 0 Å². The molecule has 0 aliphatic carbocycles. The Bertz CT molecular complexity index is 216. The largest absolute Gasteiger partial charge is 0.298 e. The van der Waals surface area contributed by atoms with E-state index < -0.39 is 11.8 Å². The molecule has 4 heteroatoms. The van der Waals surface area contributed by atoms with Gasteiger partial charge in [0.05, 0.1) is 5.57 Å². The number of nitrogens with one attached hydrogen (secondary N) is 1. The van der Waals surface area contributed by atoms with Crippen molar-refractivity contribution < 1.29 is 14.4 Å². The van der Waals surface area contributed by atoms with Crippen LogP contribution in [0.3, 0.4) is 0 Å². The molecule has 0 saturated carbocycles. The highest BCUT2D eigenvalue weighted by Gasteiger charge is 2.18. The third-order valence-electron chi connectivity index (χ3n) is 0.912. The molecule has 0 radical (unpaired) electrons. The van der Waals surface area contributed by atoms with Crippen molar-refractivity contribution in [3.8, 4) is 0 Å². The molecule has 1 N–H and O–H groups in total. The molecule has 0 fully saturated rings. The van der Waals surface area contributed by atoms with Crippen LogP contribution in [0.15, 0.2) is 11.6 Å². The van der Waals surface area contributed by atoms with Crippen LogP contribution in [0, 0.1) is 0 Å². The smallest absolute Gasteiger partial charge is 0.261 e. The van der Waals surface area contributed by atoms with E-state index in [0.717, 1.165) is 6.08 Å². The average molecular weight is 125 g/mol. The summed E-state index contributed by atoms with van der Waals surface area (Å²) in [5.41, 5.74) is -0.111. The SMILES string of the molecule is O=CC1=CC(=O)NC1=O. The number of carbonyl (C=O) groups excluding carboxylic acids is 3. The Hall–Kier alpha value is -1.45. The molecule has 4 nitrogen and oxygen atoms in total. The van der Waals surface area contributed by atoms with Crippen molar-refractivity contribution in [1.82, 2.24) is 5.32 Å². The van der Waals surface area contributed by atoms with Gasteiger partial charge in [0.1, 0.15) is 0 Å². The first-order valence-corrected chi connectivity index (χ1v) is 2.26. The minimum atomic E-state index is -0.616. The molecule has 2 amide bonds. The number of imide groups is 1. The van der Waals surface area contributed by atoms with Gasteiger partial charge >= 0.3 is 0 Å². The lowest BCUT2D eigenvalue weighted by Crippen LogP contribution is -2.22. The number of hydrogen-bond acceptors (Lipinski definition) is 3. The maximum Gasteiger partial charge on any atom is 0.261 e. The van der Waals surface area contributed by atoms with Gasteiger partial charge in [0, 0.05) is 6.08 Å². The first-order valence-electron chi connectivity index (χ1n) is 2.26. The van der Waals surface area contributed by atoms with Crippen LogP contribution in [0.5, 0.6) is 0 Å². The van der Waals surface area contributed by atoms with E-state index in [-0.39, 0.29) is 5.57 Å². The van der Waals surface area contributed by atoms with Crippen LogP contribution < -0.4 is 5.32 Å². The summed E-state index contributed by atoms with van der Waals surface area (Å²) < 4.78 is 0. The highest BCUT2D eigenvalue weighted by molar-refractivity contribution is 6.25. The highest BCUT2D eigenvalue weighted by atomic mass is 16.2. The van der Waals surface area contributed by atoms with E-state index in [4.69, 9.17) is 0 Å². The molecule has 0 aromatic carbocycles. The van der Waals surface area contributed by atoms with Crippen molar-refractivity contribution >= 4 is 18.1 Å². The first-order chi connectivity index (χ1) is 4.24. The normalized spacial score (nSPS) is 17.1. The van der Waals surface area contributed by atoms with Gasteiger partial charge < -0.3 is 0 Å². The summed E-state index contributed by atoms with van der Waals surface area (Å²) in [5.74, 6) is -1.14. The Morgan fingerprint density at radius 2 is 2.11 bits per heavy atom. The van der Waals surface area contributed by atoms with Crippen LogP contribution >= 0.6 is 0 Å². The van der Waals surface area contributed by atoms with E-state index >= 15 is 0 Å². The lowest BCUT2D eigenvalue weighted by molar-refractivity contribution is -0.124. The zero-order valence-corrected chi connectivity index (χ0v) is 4.38. The Morgan fingerprint density at radius 3 is 2.33 bits per heavy atom. The van der Waals surface area contributed by atoms with Crippen molar-refractivity contribution in [2.24, 2.45) is 0 Å². The van der Waals surface area contributed by atoms with Crippen molar-refractivity contribution in [1.29, 1.82) is 0 Å². The van der Waals surface area contributed by atoms with E-state index in [1.165, 1.54) is 0 Å². The zero-order valence-electron chi connectivity index (χ0n) is 4.38. The molecular weight excluding hydrogens is 122 g/mol. The van der Waals surface area contributed by atoms with E-state index in [0.29, 0.717) is 6.29 Å². The second kappa shape index (κ2) is 1.81. The molecule has 0 saturated heterocycles. The van der Waals surface area contributed by atoms with Crippen LogP contribution in [0.25, 0.3) is 0 Å². The molecule has 46 valence electrons. The zero-order chi connectivity index (χ0) is 6.85. The Morgan fingerprint density at radius 1 is 1.44 bits per heavy atom. The summed E-state index contributed by atoms with van der Waals surface area (Å²) in [4.78, 5) is 30.5. The van der Waals surface area contributed by atoms with Gasteiger partial charge in [0.25, 0.3) is 11.8 Å². The molecule has 0 unspecified atom stereocenters. The molecule has 1 aliphatic rings. The molecule has 0 spiro atoms. The number of amides is 2. The molecule has 0 aromatic heterocycles. The predicted octanol–water partition coefficient (Wildman–Crippen LogP) is -1.23. The summed E-state index contributed by atoms with van der Waals surface area (Å²) in [5, 5.41) is 1.92. The first kappa shape index (κ1) is 5.68. The summed E-state index contributed by atoms with van der Waals surface area (Å²) in [6.45, 7) is 0. The second-order valence-electron chi connectivity index (χ2n) is 1.54. The summed E-state index contributed by atoms with van der Waals surface area (Å²) >= 11 is 0. The van der Waals surface area contributed by atoms with Gasteiger partial charge in [-0.1, -0.05) is 0 Å². The van der Waals surface area contributed by atoms with Crippen LogP contribution in [-0.4, -0.2) is 18.1 Å². The molecule has 1 aliphatic heterocycles. The van der Waals surface area contributed by atoms with Crippen molar-refractivity contribution in [2.45, 2.75) is 0 Å². The lowest BCUT2D eigenvalue weighted by atomic mass is 10.3. The third-order valence-corrected chi connectivity index (χ3v) is 0.912. The molecule has 9 heavy (non-hydrogen) atoms. The quantitative estimate of drug-likeness (QED) is 0.271. The summed E-state index contributed by atoms with van der Waals surface area (Å²) in [6, 6.07) is 0. The number of hydrogen-bond donors (Lipinski definition) is 1. The van der Waals surface area contributed by atoms with E-state index in [1.807, 2.05) is 5.32 Å². The predicted molar refractivity (Wildman–Crippen MR) is 27.3 cm³/mol. The van der Waals surface area contributed by atoms with Gasteiger partial charge in [0.2, 0.25) is 0 Å². The Kier molecular flexibility index (Phi) is 1.14. The van der Waals surface area contributed by atoms with Crippen LogP contribution in [-0.2, 0) is 14.4 Å². The number of carbonyl (C=O) groups is 3. The minimum absolute atomic E-state index is 0.111. The standard InChI is InChI=1S/C5H3NO3/c7-2-3-1-4(8)6-5(3)9/h1-2H,(H,6,8,9). The molecule has 0 atom stereocenters. The van der Waals surface area contributed by atoms with E-state index in [9.17, 15) is 14.4 Å². The second-order valence-corrected chi connectivity index (χ2v) is 1.54. The van der Waals surface area contributed by atoms with Gasteiger partial charge in [-0.15, -0.1) is 0 Å². The van der Waals surface area contributed by atoms with Crippen molar-refractivity contribution in [3.05, 3.63) is 11.6 Å². The van der Waals surface area contributed by atoms with Crippen molar-refractivity contribution in [2.75, 3.05) is 0 Å². The summed E-state index contributed by atoms with van der Waals surface area (Å²) in [7, 11) is 0. The fraction of sp³-hybridized carbons (Fsp3) is 0. The van der Waals surface area contributed by atoms with E-state index in [2.05, 4.69) is 0 Å². The molecular formula is C5H3NO3. The van der Waals surface area contributed by atoms with Gasteiger partial charge in [-0.05, 0) is 0 Å². The van der Waals surface area contributed by atoms with Gasteiger partial charge in [-0.2, -0.15) is 0 Å². The topological polar surface area (TPSA) is 63.2 Å². The van der Waals surface area contributed by atoms with E-state index in [1.54, 1.807) is 0 Å². The number of aldehydes is 1. The molecule has 0 bridgehead atoms. The monoisotopic (exact) mass is 125 g/mol. The Labute approximate surface area is 50.5 Å². The molecule has 1 heterocycles.